The van der Waals surface area contributed by atoms with Crippen molar-refractivity contribution >= 4 is 11.6 Å². The van der Waals surface area contributed by atoms with Crippen LogP contribution < -0.4 is 5.73 Å². The van der Waals surface area contributed by atoms with Crippen molar-refractivity contribution in [3.63, 3.8) is 0 Å². The lowest BCUT2D eigenvalue weighted by molar-refractivity contribution is -0.321. The van der Waals surface area contributed by atoms with Gasteiger partial charge in [0.25, 0.3) is 0 Å². The number of aliphatic hydroxyl groups is 4. The minimum atomic E-state index is -1.57. The molecule has 1 aliphatic carbocycles. The summed E-state index contributed by atoms with van der Waals surface area (Å²) in [6.07, 6.45) is -7.94. The molecule has 1 saturated heterocycles. The van der Waals surface area contributed by atoms with Gasteiger partial charge in [0.05, 0.1) is 25.4 Å². The van der Waals surface area contributed by atoms with E-state index >= 15 is 0 Å². The number of aliphatic hydroxyl groups excluding tert-OH is 4. The van der Waals surface area contributed by atoms with Crippen LogP contribution in [0.5, 0.6) is 0 Å². The molecule has 1 heterocycles. The summed E-state index contributed by atoms with van der Waals surface area (Å²) in [5.74, 6) is -1.34. The number of hydrogen-bond acceptors (Lipinski definition) is 10. The van der Waals surface area contributed by atoms with Gasteiger partial charge in [-0.25, -0.2) is 0 Å². The Bertz CT molecular complexity index is 543. The molecular formula is C18H31NO9. The number of hydrogen-bond donors (Lipinski definition) is 5. The van der Waals surface area contributed by atoms with E-state index in [4.69, 9.17) is 19.9 Å². The van der Waals surface area contributed by atoms with Crippen molar-refractivity contribution in [2.45, 2.75) is 69.6 Å². The van der Waals surface area contributed by atoms with Gasteiger partial charge >= 0.3 is 0 Å². The van der Waals surface area contributed by atoms with Gasteiger partial charge < -0.3 is 40.4 Å². The topological polar surface area (TPSA) is 169 Å². The Labute approximate surface area is 163 Å². The normalized spacial score (nSPS) is 41.6. The van der Waals surface area contributed by atoms with E-state index in [0.717, 1.165) is 0 Å². The van der Waals surface area contributed by atoms with E-state index in [-0.39, 0.29) is 37.6 Å². The maximum Gasteiger partial charge on any atom is 0.187 e. The van der Waals surface area contributed by atoms with E-state index < -0.39 is 61.4 Å². The number of carbonyl (C=O) groups is 2. The zero-order valence-electron chi connectivity index (χ0n) is 16.1. The van der Waals surface area contributed by atoms with Crippen LogP contribution in [0.4, 0.5) is 0 Å². The fourth-order valence-corrected chi connectivity index (χ4v) is 3.92. The number of carbonyl (C=O) groups excluding carboxylic acids is 2. The number of ether oxygens (including phenoxy) is 3. The molecule has 5 unspecified atom stereocenters. The molecule has 0 bridgehead atoms. The average Bonchev–Trinajstić information content (AvgIpc) is 2.66. The van der Waals surface area contributed by atoms with Crippen molar-refractivity contribution < 1.29 is 44.2 Å². The van der Waals surface area contributed by atoms with Crippen LogP contribution >= 0.6 is 0 Å². The third-order valence-electron chi connectivity index (χ3n) is 5.52. The number of Topliss-reactive ketones (excluding diaryl/α,β-unsaturated/α-hetero) is 2. The highest BCUT2D eigenvalue weighted by molar-refractivity contribution is 5.87. The van der Waals surface area contributed by atoms with Crippen LogP contribution in [-0.2, 0) is 23.8 Å². The van der Waals surface area contributed by atoms with Gasteiger partial charge in [-0.3, -0.25) is 9.59 Å². The van der Waals surface area contributed by atoms with Crippen LogP contribution in [0.2, 0.25) is 0 Å². The first-order chi connectivity index (χ1) is 13.2. The molecular weight excluding hydrogens is 374 g/mol. The molecule has 0 aromatic rings. The van der Waals surface area contributed by atoms with Crippen molar-refractivity contribution in [3.05, 3.63) is 0 Å². The molecule has 6 N–H and O–H groups in total. The predicted molar refractivity (Wildman–Crippen MR) is 95.0 cm³/mol. The average molecular weight is 405 g/mol. The fourth-order valence-electron chi connectivity index (χ4n) is 3.92. The molecule has 10 nitrogen and oxygen atoms in total. The van der Waals surface area contributed by atoms with Gasteiger partial charge in [-0.05, 0) is 26.7 Å². The molecule has 0 aromatic heterocycles. The Hall–Kier alpha value is -0.980. The van der Waals surface area contributed by atoms with Crippen LogP contribution in [0, 0.1) is 11.8 Å². The van der Waals surface area contributed by atoms with E-state index in [2.05, 4.69) is 0 Å². The summed E-state index contributed by atoms with van der Waals surface area (Å²) in [5, 5.41) is 39.4. The van der Waals surface area contributed by atoms with Gasteiger partial charge in [0.1, 0.15) is 36.0 Å². The molecule has 0 aromatic carbocycles. The monoisotopic (exact) mass is 405 g/mol. The first kappa shape index (κ1) is 23.3. The molecule has 0 amide bonds. The molecule has 2 fully saturated rings. The molecule has 28 heavy (non-hydrogen) atoms. The van der Waals surface area contributed by atoms with E-state index in [1.54, 1.807) is 0 Å². The molecule has 10 heteroatoms. The summed E-state index contributed by atoms with van der Waals surface area (Å²) in [5.41, 5.74) is 5.50. The van der Waals surface area contributed by atoms with Gasteiger partial charge in [-0.1, -0.05) is 0 Å². The SMILES string of the molecule is CC(=O)C1C[C@H](OCCN)C(O[C@H]2OC(CO)[C@@H](O)C(O)C2O)C[C@@H]1C(C)=O. The maximum absolute atomic E-state index is 12.1. The molecule has 1 aliphatic heterocycles. The quantitative estimate of drug-likeness (QED) is 0.296. The van der Waals surface area contributed by atoms with Crippen LogP contribution in [0.25, 0.3) is 0 Å². The van der Waals surface area contributed by atoms with Gasteiger partial charge in [-0.15, -0.1) is 0 Å². The Morgan fingerprint density at radius 1 is 1.00 bits per heavy atom. The standard InChI is InChI=1S/C18H31NO9/c1-8(21)10-5-12(26-4-3-19)13(6-11(10)9(2)22)27-18-17(25)16(24)15(23)14(7-20)28-18/h10-18,20,23-25H,3-7,19H2,1-2H3/t10?,11-,12+,13?,14?,15-,16?,17?,18+/m1/s1. The van der Waals surface area contributed by atoms with E-state index in [0.29, 0.717) is 0 Å². The van der Waals surface area contributed by atoms with Crippen molar-refractivity contribution in [2.24, 2.45) is 17.6 Å². The first-order valence-electron chi connectivity index (χ1n) is 9.49. The molecule has 0 radical (unpaired) electrons. The Morgan fingerprint density at radius 2 is 1.57 bits per heavy atom. The largest absolute Gasteiger partial charge is 0.394 e. The van der Waals surface area contributed by atoms with E-state index in [9.17, 15) is 30.0 Å². The molecule has 162 valence electrons. The summed E-state index contributed by atoms with van der Waals surface area (Å²) < 4.78 is 16.9. The second-order valence-electron chi connectivity index (χ2n) is 7.48. The lowest BCUT2D eigenvalue weighted by Gasteiger charge is -2.44. The van der Waals surface area contributed by atoms with Crippen LogP contribution in [-0.4, -0.2) is 94.7 Å². The molecule has 0 spiro atoms. The van der Waals surface area contributed by atoms with E-state index in [1.165, 1.54) is 13.8 Å². The molecule has 2 aliphatic rings. The molecule has 9 atom stereocenters. The van der Waals surface area contributed by atoms with Crippen molar-refractivity contribution in [1.29, 1.82) is 0 Å². The summed E-state index contributed by atoms with van der Waals surface area (Å²) >= 11 is 0. The second kappa shape index (κ2) is 10.2. The third-order valence-corrected chi connectivity index (χ3v) is 5.52. The van der Waals surface area contributed by atoms with Gasteiger partial charge in [-0.2, -0.15) is 0 Å². The summed E-state index contributed by atoms with van der Waals surface area (Å²) in [6, 6.07) is 0. The Kier molecular flexibility index (Phi) is 8.46. The van der Waals surface area contributed by atoms with Crippen LogP contribution in [0.3, 0.4) is 0 Å². The number of ketones is 2. The molecule has 1 saturated carbocycles. The summed E-state index contributed by atoms with van der Waals surface area (Å²) in [7, 11) is 0. The van der Waals surface area contributed by atoms with Gasteiger partial charge in [0, 0.05) is 18.4 Å². The third kappa shape index (κ3) is 5.14. The van der Waals surface area contributed by atoms with Crippen molar-refractivity contribution in [2.75, 3.05) is 19.8 Å². The first-order valence-corrected chi connectivity index (χ1v) is 9.49. The summed E-state index contributed by atoms with van der Waals surface area (Å²) in [6.45, 7) is 2.73. The summed E-state index contributed by atoms with van der Waals surface area (Å²) in [4.78, 5) is 24.1. The highest BCUT2D eigenvalue weighted by Crippen LogP contribution is 2.36. The van der Waals surface area contributed by atoms with Crippen molar-refractivity contribution in [3.8, 4) is 0 Å². The van der Waals surface area contributed by atoms with Crippen LogP contribution in [0.15, 0.2) is 0 Å². The highest BCUT2D eigenvalue weighted by Gasteiger charge is 2.48. The zero-order valence-corrected chi connectivity index (χ0v) is 16.1. The zero-order chi connectivity index (χ0) is 21.0. The Morgan fingerprint density at radius 3 is 2.07 bits per heavy atom. The van der Waals surface area contributed by atoms with Crippen molar-refractivity contribution in [1.82, 2.24) is 0 Å². The van der Waals surface area contributed by atoms with Gasteiger partial charge in [0.2, 0.25) is 0 Å². The minimum absolute atomic E-state index is 0.118. The maximum atomic E-state index is 12.1. The predicted octanol–water partition coefficient (Wildman–Crippen LogP) is -2.28. The second-order valence-corrected chi connectivity index (χ2v) is 7.48. The Balaban J connectivity index is 2.19. The number of rotatable bonds is 8. The smallest absolute Gasteiger partial charge is 0.187 e. The fraction of sp³-hybridized carbons (Fsp3) is 0.889. The lowest BCUT2D eigenvalue weighted by Crippen LogP contribution is -2.60. The minimum Gasteiger partial charge on any atom is -0.394 e. The number of nitrogens with two attached hydrogens (primary N) is 1. The van der Waals surface area contributed by atoms with Crippen LogP contribution in [0.1, 0.15) is 26.7 Å². The lowest BCUT2D eigenvalue weighted by atomic mass is 9.73. The van der Waals surface area contributed by atoms with E-state index in [1.807, 2.05) is 0 Å². The highest BCUT2D eigenvalue weighted by atomic mass is 16.7. The molecule has 2 rings (SSSR count). The van der Waals surface area contributed by atoms with Gasteiger partial charge in [0.15, 0.2) is 6.29 Å².